The van der Waals surface area contributed by atoms with Crippen molar-refractivity contribution in [3.63, 3.8) is 0 Å². The van der Waals surface area contributed by atoms with E-state index in [1.165, 1.54) is 18.6 Å². The van der Waals surface area contributed by atoms with Crippen LogP contribution < -0.4 is 14.9 Å². The van der Waals surface area contributed by atoms with Crippen molar-refractivity contribution in [1.29, 1.82) is 0 Å². The number of halogens is 1. The summed E-state index contributed by atoms with van der Waals surface area (Å²) in [7, 11) is -3.85. The number of anilines is 2. The van der Waals surface area contributed by atoms with Gasteiger partial charge < -0.3 is 10.6 Å². The molecule has 0 spiro atoms. The molecule has 2 aromatic rings. The Balaban J connectivity index is 1.84. The highest BCUT2D eigenvalue weighted by molar-refractivity contribution is 7.92. The van der Waals surface area contributed by atoms with Crippen LogP contribution in [0.15, 0.2) is 48.5 Å². The minimum absolute atomic E-state index is 0.109. The summed E-state index contributed by atoms with van der Waals surface area (Å²) >= 11 is 0. The third-order valence-electron chi connectivity index (χ3n) is 5.78. The fraction of sp³-hybridized carbons (Fsp3) is 0.417. The quantitative estimate of drug-likeness (QED) is 0.602. The molecule has 2 aromatic carbocycles. The minimum Gasteiger partial charge on any atom is -0.349 e. The molecule has 0 aromatic heterocycles. The smallest absolute Gasteiger partial charge is 0.253 e. The van der Waals surface area contributed by atoms with E-state index < -0.39 is 27.8 Å². The van der Waals surface area contributed by atoms with E-state index in [1.54, 1.807) is 31.2 Å². The zero-order chi connectivity index (χ0) is 24.0. The SMILES string of the molecule is CC[C@@H](C(=O)Nc1ccccc1C(=O)NC1CCCCC1)N(c1ccc(F)cc1)S(C)(=O)=O. The van der Waals surface area contributed by atoms with Crippen LogP contribution in [0.5, 0.6) is 0 Å². The molecule has 7 nitrogen and oxygen atoms in total. The van der Waals surface area contributed by atoms with Gasteiger partial charge in [-0.15, -0.1) is 0 Å². The summed E-state index contributed by atoms with van der Waals surface area (Å²) in [5.41, 5.74) is 0.810. The van der Waals surface area contributed by atoms with E-state index in [-0.39, 0.29) is 24.1 Å². The van der Waals surface area contributed by atoms with E-state index in [4.69, 9.17) is 0 Å². The average Bonchev–Trinajstić information content (AvgIpc) is 2.78. The molecule has 0 bridgehead atoms. The van der Waals surface area contributed by atoms with Crippen LogP contribution in [0.4, 0.5) is 15.8 Å². The van der Waals surface area contributed by atoms with Gasteiger partial charge in [0.15, 0.2) is 0 Å². The number of benzene rings is 2. The van der Waals surface area contributed by atoms with Crippen molar-refractivity contribution < 1.29 is 22.4 Å². The van der Waals surface area contributed by atoms with E-state index >= 15 is 0 Å². The molecule has 0 aliphatic heterocycles. The molecule has 0 heterocycles. The maximum atomic E-state index is 13.4. The molecule has 9 heteroatoms. The highest BCUT2D eigenvalue weighted by atomic mass is 32.2. The summed E-state index contributed by atoms with van der Waals surface area (Å²) in [4.78, 5) is 26.1. The Morgan fingerprint density at radius 3 is 2.30 bits per heavy atom. The summed E-state index contributed by atoms with van der Waals surface area (Å²) in [6.07, 6.45) is 6.35. The van der Waals surface area contributed by atoms with Crippen molar-refractivity contribution >= 4 is 33.2 Å². The molecule has 1 aliphatic carbocycles. The van der Waals surface area contributed by atoms with Gasteiger partial charge >= 0.3 is 0 Å². The van der Waals surface area contributed by atoms with E-state index in [9.17, 15) is 22.4 Å². The van der Waals surface area contributed by atoms with Gasteiger partial charge in [0.25, 0.3) is 5.91 Å². The van der Waals surface area contributed by atoms with Gasteiger partial charge in [-0.05, 0) is 55.7 Å². The van der Waals surface area contributed by atoms with Crippen molar-refractivity contribution in [2.24, 2.45) is 0 Å². The Morgan fingerprint density at radius 1 is 1.06 bits per heavy atom. The first-order valence-corrected chi connectivity index (χ1v) is 13.0. The van der Waals surface area contributed by atoms with E-state index in [0.29, 0.717) is 11.3 Å². The molecular weight excluding hydrogens is 445 g/mol. The topological polar surface area (TPSA) is 95.6 Å². The molecule has 1 fully saturated rings. The van der Waals surface area contributed by atoms with Crippen molar-refractivity contribution in [3.05, 3.63) is 59.9 Å². The largest absolute Gasteiger partial charge is 0.349 e. The van der Waals surface area contributed by atoms with Crippen LogP contribution >= 0.6 is 0 Å². The van der Waals surface area contributed by atoms with Gasteiger partial charge in [-0.1, -0.05) is 38.3 Å². The lowest BCUT2D eigenvalue weighted by Crippen LogP contribution is -2.47. The summed E-state index contributed by atoms with van der Waals surface area (Å²) in [5.74, 6) is -1.36. The predicted molar refractivity (Wildman–Crippen MR) is 127 cm³/mol. The van der Waals surface area contributed by atoms with Crippen LogP contribution in [0.3, 0.4) is 0 Å². The van der Waals surface area contributed by atoms with Crippen LogP contribution in [0.2, 0.25) is 0 Å². The van der Waals surface area contributed by atoms with E-state index in [0.717, 1.165) is 48.4 Å². The Bertz CT molecular complexity index is 1080. The van der Waals surface area contributed by atoms with Crippen LogP contribution in [0.25, 0.3) is 0 Å². The lowest BCUT2D eigenvalue weighted by molar-refractivity contribution is -0.117. The Labute approximate surface area is 194 Å². The molecule has 178 valence electrons. The lowest BCUT2D eigenvalue weighted by atomic mass is 9.95. The van der Waals surface area contributed by atoms with Gasteiger partial charge in [0.1, 0.15) is 11.9 Å². The Morgan fingerprint density at radius 2 is 1.70 bits per heavy atom. The number of carbonyl (C=O) groups excluding carboxylic acids is 2. The van der Waals surface area contributed by atoms with Gasteiger partial charge in [-0.25, -0.2) is 12.8 Å². The number of sulfonamides is 1. The van der Waals surface area contributed by atoms with E-state index in [2.05, 4.69) is 10.6 Å². The first kappa shape index (κ1) is 24.7. The summed E-state index contributed by atoms with van der Waals surface area (Å²) in [6.45, 7) is 1.69. The fourth-order valence-electron chi connectivity index (χ4n) is 4.16. The minimum atomic E-state index is -3.85. The highest BCUT2D eigenvalue weighted by Gasteiger charge is 2.32. The molecule has 33 heavy (non-hydrogen) atoms. The summed E-state index contributed by atoms with van der Waals surface area (Å²) in [5, 5.41) is 5.77. The molecular formula is C24H30FN3O4S. The maximum absolute atomic E-state index is 13.4. The second-order valence-corrected chi connectivity index (χ2v) is 10.2. The van der Waals surface area contributed by atoms with Gasteiger partial charge in [0.2, 0.25) is 15.9 Å². The second-order valence-electron chi connectivity index (χ2n) is 8.30. The number of carbonyl (C=O) groups is 2. The Kier molecular flexibility index (Phi) is 8.07. The lowest BCUT2D eigenvalue weighted by Gasteiger charge is -2.30. The number of amides is 2. The summed E-state index contributed by atoms with van der Waals surface area (Å²) < 4.78 is 39.5. The normalized spacial score (nSPS) is 15.5. The highest BCUT2D eigenvalue weighted by Crippen LogP contribution is 2.25. The number of hydrogen-bond acceptors (Lipinski definition) is 4. The zero-order valence-corrected chi connectivity index (χ0v) is 19.7. The van der Waals surface area contributed by atoms with Crippen LogP contribution in [0.1, 0.15) is 55.8 Å². The maximum Gasteiger partial charge on any atom is 0.253 e. The predicted octanol–water partition coefficient (Wildman–Crippen LogP) is 4.07. The third-order valence-corrected chi connectivity index (χ3v) is 6.96. The zero-order valence-electron chi connectivity index (χ0n) is 18.9. The Hall–Kier alpha value is -2.94. The number of nitrogens with zero attached hydrogens (tertiary/aromatic N) is 1. The average molecular weight is 476 g/mol. The van der Waals surface area contributed by atoms with Gasteiger partial charge in [0.05, 0.1) is 23.2 Å². The van der Waals surface area contributed by atoms with Gasteiger partial charge in [-0.2, -0.15) is 0 Å². The number of para-hydroxylation sites is 1. The fourth-order valence-corrected chi connectivity index (χ4v) is 5.38. The van der Waals surface area contributed by atoms with Crippen LogP contribution in [-0.4, -0.2) is 38.6 Å². The van der Waals surface area contributed by atoms with Crippen molar-refractivity contribution in [3.8, 4) is 0 Å². The standard InChI is InChI=1S/C24H30FN3O4S/c1-3-22(28(33(2,31)32)19-15-13-17(25)14-16-19)24(30)27-21-12-8-7-11-20(21)23(29)26-18-9-5-4-6-10-18/h7-8,11-16,18,22H,3-6,9-10H2,1-2H3,(H,26,29)(H,27,30)/t22-/m0/s1. The first-order valence-electron chi connectivity index (χ1n) is 11.2. The number of rotatable bonds is 8. The second kappa shape index (κ2) is 10.8. The molecule has 1 saturated carbocycles. The number of hydrogen-bond donors (Lipinski definition) is 2. The molecule has 1 atom stereocenters. The van der Waals surface area contributed by atoms with Gasteiger partial charge in [-0.3, -0.25) is 13.9 Å². The molecule has 1 aliphatic rings. The summed E-state index contributed by atoms with van der Waals surface area (Å²) in [6, 6.07) is 10.6. The first-order chi connectivity index (χ1) is 15.7. The molecule has 3 rings (SSSR count). The molecule has 2 amide bonds. The van der Waals surface area contributed by atoms with Crippen molar-refractivity contribution in [2.75, 3.05) is 15.9 Å². The number of nitrogens with one attached hydrogen (secondary N) is 2. The molecule has 0 radical (unpaired) electrons. The molecule has 0 unspecified atom stereocenters. The van der Waals surface area contributed by atoms with Crippen LogP contribution in [-0.2, 0) is 14.8 Å². The van der Waals surface area contributed by atoms with Gasteiger partial charge in [0, 0.05) is 6.04 Å². The van der Waals surface area contributed by atoms with E-state index in [1.807, 2.05) is 0 Å². The molecule has 2 N–H and O–H groups in total. The molecule has 0 saturated heterocycles. The van der Waals surface area contributed by atoms with Crippen LogP contribution in [0, 0.1) is 5.82 Å². The van der Waals surface area contributed by atoms with Crippen molar-refractivity contribution in [2.45, 2.75) is 57.5 Å². The van der Waals surface area contributed by atoms with Crippen molar-refractivity contribution in [1.82, 2.24) is 5.32 Å². The third kappa shape index (κ3) is 6.31. The monoisotopic (exact) mass is 475 g/mol.